The molecule has 1 aromatic heterocycles. The minimum atomic E-state index is -0.774. The van der Waals surface area contributed by atoms with Gasteiger partial charge in [-0.05, 0) is 19.1 Å². The number of carbonyl (C=O) groups is 1. The lowest BCUT2D eigenvalue weighted by Gasteiger charge is -2.35. The van der Waals surface area contributed by atoms with Gasteiger partial charge in [0.05, 0.1) is 12.2 Å². The van der Waals surface area contributed by atoms with Gasteiger partial charge in [-0.1, -0.05) is 0 Å². The van der Waals surface area contributed by atoms with Gasteiger partial charge in [-0.15, -0.1) is 0 Å². The quantitative estimate of drug-likeness (QED) is 0.896. The Morgan fingerprint density at radius 3 is 2.68 bits per heavy atom. The molecular weight excluding hydrogens is 328 g/mol. The molecule has 1 saturated heterocycles. The minimum absolute atomic E-state index is 0.00462. The fraction of sp³-hybridized carbons (Fsp3) is 0.412. The van der Waals surface area contributed by atoms with Gasteiger partial charge in [-0.2, -0.15) is 0 Å². The third-order valence-electron chi connectivity index (χ3n) is 4.26. The van der Waals surface area contributed by atoms with Crippen LogP contribution in [0.3, 0.4) is 0 Å². The van der Waals surface area contributed by atoms with E-state index in [4.69, 9.17) is 0 Å². The third-order valence-corrected chi connectivity index (χ3v) is 4.26. The molecule has 1 amide bonds. The van der Waals surface area contributed by atoms with Crippen molar-refractivity contribution < 1.29 is 13.6 Å². The number of hydrogen-bond acceptors (Lipinski definition) is 4. The van der Waals surface area contributed by atoms with E-state index >= 15 is 0 Å². The van der Waals surface area contributed by atoms with Crippen molar-refractivity contribution in [3.05, 3.63) is 42.2 Å². The van der Waals surface area contributed by atoms with Crippen LogP contribution in [0.15, 0.2) is 30.6 Å². The van der Waals surface area contributed by atoms with Gasteiger partial charge in [-0.3, -0.25) is 9.69 Å². The molecule has 1 aliphatic heterocycles. The average Bonchev–Trinajstić information content (AvgIpc) is 3.07. The van der Waals surface area contributed by atoms with Crippen molar-refractivity contribution in [3.8, 4) is 0 Å². The Morgan fingerprint density at radius 2 is 2.00 bits per heavy atom. The van der Waals surface area contributed by atoms with Crippen molar-refractivity contribution in [2.75, 3.05) is 42.9 Å². The summed E-state index contributed by atoms with van der Waals surface area (Å²) in [5.74, 6) is -0.810. The van der Waals surface area contributed by atoms with Gasteiger partial charge in [0.25, 0.3) is 0 Å². The van der Waals surface area contributed by atoms with Gasteiger partial charge >= 0.3 is 0 Å². The zero-order chi connectivity index (χ0) is 17.8. The van der Waals surface area contributed by atoms with Crippen LogP contribution in [-0.4, -0.2) is 53.1 Å². The number of halogens is 2. The molecule has 0 atom stereocenters. The molecule has 0 saturated carbocycles. The summed E-state index contributed by atoms with van der Waals surface area (Å²) in [6.07, 6.45) is 3.74. The molecule has 134 valence electrons. The van der Waals surface area contributed by atoms with Crippen LogP contribution in [0.5, 0.6) is 0 Å². The number of piperazine rings is 1. The first-order valence-electron chi connectivity index (χ1n) is 8.30. The second-order valence-corrected chi connectivity index (χ2v) is 5.95. The number of anilines is 2. The van der Waals surface area contributed by atoms with Gasteiger partial charge in [0.2, 0.25) is 11.9 Å². The van der Waals surface area contributed by atoms with Gasteiger partial charge in [-0.25, -0.2) is 13.8 Å². The van der Waals surface area contributed by atoms with Crippen LogP contribution < -0.4 is 10.2 Å². The number of nitrogens with one attached hydrogen (secondary N) is 1. The van der Waals surface area contributed by atoms with E-state index in [1.54, 1.807) is 6.20 Å². The van der Waals surface area contributed by atoms with Crippen molar-refractivity contribution in [2.45, 2.75) is 13.5 Å². The Balaban J connectivity index is 1.51. The summed E-state index contributed by atoms with van der Waals surface area (Å²) in [6.45, 7) is 6.09. The number of rotatable bonds is 5. The van der Waals surface area contributed by atoms with Gasteiger partial charge in [0.15, 0.2) is 0 Å². The molecule has 0 radical (unpaired) electrons. The smallest absolute Gasteiger partial charge is 0.238 e. The van der Waals surface area contributed by atoms with E-state index in [2.05, 4.69) is 26.7 Å². The highest BCUT2D eigenvalue weighted by atomic mass is 19.1. The highest BCUT2D eigenvalue weighted by Crippen LogP contribution is 2.16. The molecule has 2 heterocycles. The third kappa shape index (κ3) is 4.14. The molecule has 1 aliphatic rings. The summed E-state index contributed by atoms with van der Waals surface area (Å²) in [7, 11) is 0. The molecule has 0 aliphatic carbocycles. The first-order chi connectivity index (χ1) is 12.1. The molecule has 0 bridgehead atoms. The van der Waals surface area contributed by atoms with Gasteiger partial charge in [0, 0.05) is 51.2 Å². The monoisotopic (exact) mass is 349 g/mol. The summed E-state index contributed by atoms with van der Waals surface area (Å²) in [5, 5.41) is 2.49. The number of imidazole rings is 1. The van der Waals surface area contributed by atoms with Crippen LogP contribution in [0.2, 0.25) is 0 Å². The standard InChI is InChI=1S/C17H21F2N5O/c1-2-23-6-5-20-17(23)24-9-7-22(8-10-24)12-16(25)21-15-4-3-13(18)11-14(15)19/h3-6,11H,2,7-10,12H2,1H3,(H,21,25). The zero-order valence-electron chi connectivity index (χ0n) is 14.1. The fourth-order valence-electron chi connectivity index (χ4n) is 2.92. The molecule has 6 nitrogen and oxygen atoms in total. The van der Waals surface area contributed by atoms with Crippen LogP contribution in [0, 0.1) is 11.6 Å². The van der Waals surface area contributed by atoms with Crippen molar-refractivity contribution in [1.82, 2.24) is 14.5 Å². The molecule has 1 N–H and O–H groups in total. The Bertz CT molecular complexity index is 740. The minimum Gasteiger partial charge on any atom is -0.340 e. The molecule has 0 spiro atoms. The van der Waals surface area contributed by atoms with Crippen molar-refractivity contribution >= 4 is 17.5 Å². The SMILES string of the molecule is CCn1ccnc1N1CCN(CC(=O)Nc2ccc(F)cc2F)CC1. The Hall–Kier alpha value is -2.48. The Morgan fingerprint density at radius 1 is 1.24 bits per heavy atom. The summed E-state index contributed by atoms with van der Waals surface area (Å²) in [5.41, 5.74) is -0.00462. The summed E-state index contributed by atoms with van der Waals surface area (Å²) in [6, 6.07) is 3.10. The molecule has 25 heavy (non-hydrogen) atoms. The van der Waals surface area contributed by atoms with Gasteiger partial charge < -0.3 is 14.8 Å². The maximum Gasteiger partial charge on any atom is 0.238 e. The zero-order valence-corrected chi connectivity index (χ0v) is 14.1. The lowest BCUT2D eigenvalue weighted by atomic mass is 10.3. The maximum atomic E-state index is 13.6. The molecule has 2 aromatic rings. The van der Waals surface area contributed by atoms with E-state index in [1.165, 1.54) is 6.07 Å². The van der Waals surface area contributed by atoms with E-state index in [0.717, 1.165) is 50.8 Å². The van der Waals surface area contributed by atoms with Crippen LogP contribution in [0.4, 0.5) is 20.4 Å². The summed E-state index contributed by atoms with van der Waals surface area (Å²) in [4.78, 5) is 20.7. The number of amides is 1. The van der Waals surface area contributed by atoms with E-state index in [0.29, 0.717) is 0 Å². The van der Waals surface area contributed by atoms with Crippen LogP contribution >= 0.6 is 0 Å². The second-order valence-electron chi connectivity index (χ2n) is 5.95. The normalized spacial score (nSPS) is 15.4. The molecule has 8 heteroatoms. The fourth-order valence-corrected chi connectivity index (χ4v) is 2.92. The number of benzene rings is 1. The lowest BCUT2D eigenvalue weighted by Crippen LogP contribution is -2.49. The molecular formula is C17H21F2N5O. The molecule has 0 unspecified atom stereocenters. The maximum absolute atomic E-state index is 13.6. The van der Waals surface area contributed by atoms with Crippen molar-refractivity contribution in [3.63, 3.8) is 0 Å². The predicted octanol–water partition coefficient (Wildman–Crippen LogP) is 1.94. The predicted molar refractivity (Wildman–Crippen MR) is 91.5 cm³/mol. The Kier molecular flexibility index (Phi) is 5.28. The first kappa shape index (κ1) is 17.3. The largest absolute Gasteiger partial charge is 0.340 e. The Labute approximate surface area is 145 Å². The van der Waals surface area contributed by atoms with E-state index < -0.39 is 11.6 Å². The number of aromatic nitrogens is 2. The number of aryl methyl sites for hydroxylation is 1. The molecule has 1 fully saturated rings. The van der Waals surface area contributed by atoms with Crippen LogP contribution in [0.25, 0.3) is 0 Å². The lowest BCUT2D eigenvalue weighted by molar-refractivity contribution is -0.117. The first-order valence-corrected chi connectivity index (χ1v) is 8.30. The highest BCUT2D eigenvalue weighted by Gasteiger charge is 2.21. The second kappa shape index (κ2) is 7.60. The van der Waals surface area contributed by atoms with Crippen LogP contribution in [0.1, 0.15) is 6.92 Å². The van der Waals surface area contributed by atoms with E-state index in [9.17, 15) is 13.6 Å². The summed E-state index contributed by atoms with van der Waals surface area (Å²) < 4.78 is 28.6. The number of carbonyl (C=O) groups excluding carboxylic acids is 1. The van der Waals surface area contributed by atoms with E-state index in [-0.39, 0.29) is 18.1 Å². The molecule has 1 aromatic carbocycles. The summed E-state index contributed by atoms with van der Waals surface area (Å²) >= 11 is 0. The van der Waals surface area contributed by atoms with Crippen molar-refractivity contribution in [2.24, 2.45) is 0 Å². The van der Waals surface area contributed by atoms with Crippen LogP contribution in [-0.2, 0) is 11.3 Å². The average molecular weight is 349 g/mol. The van der Waals surface area contributed by atoms with Crippen molar-refractivity contribution in [1.29, 1.82) is 0 Å². The number of hydrogen-bond donors (Lipinski definition) is 1. The van der Waals surface area contributed by atoms with Gasteiger partial charge in [0.1, 0.15) is 11.6 Å². The number of nitrogens with zero attached hydrogens (tertiary/aromatic N) is 4. The van der Waals surface area contributed by atoms with E-state index in [1.807, 2.05) is 11.1 Å². The topological polar surface area (TPSA) is 53.4 Å². The highest BCUT2D eigenvalue weighted by molar-refractivity contribution is 5.92. The molecule has 3 rings (SSSR count).